The molecule has 0 radical (unpaired) electrons. The van der Waals surface area contributed by atoms with Gasteiger partial charge in [-0.05, 0) is 24.6 Å². The Balaban J connectivity index is 3.09. The molecule has 0 saturated carbocycles. The number of H-pyrrole nitrogens is 1. The van der Waals surface area contributed by atoms with Crippen molar-refractivity contribution in [2.45, 2.75) is 59.4 Å². The fourth-order valence-corrected chi connectivity index (χ4v) is 1.81. The van der Waals surface area contributed by atoms with Crippen molar-refractivity contribution >= 4 is 12.2 Å². The number of aromatic nitrogens is 3. The highest BCUT2D eigenvalue weighted by molar-refractivity contribution is 7.71. The van der Waals surface area contributed by atoms with Gasteiger partial charge in [0.05, 0.1) is 0 Å². The molecule has 3 nitrogen and oxygen atoms in total. The fraction of sp³-hybridized carbons (Fsp3) is 0.833. The zero-order valence-electron chi connectivity index (χ0n) is 11.0. The third-order valence-corrected chi connectivity index (χ3v) is 3.82. The molecule has 1 heterocycles. The third kappa shape index (κ3) is 2.54. The van der Waals surface area contributed by atoms with Gasteiger partial charge in [0.15, 0.2) is 4.77 Å². The van der Waals surface area contributed by atoms with Gasteiger partial charge in [0.25, 0.3) is 0 Å². The number of aromatic amines is 1. The minimum atomic E-state index is 0.0568. The smallest absolute Gasteiger partial charge is 0.195 e. The molecular formula is C12H23N3S. The summed E-state index contributed by atoms with van der Waals surface area (Å²) in [5.41, 5.74) is 0.0568. The Kier molecular flexibility index (Phi) is 4.30. The first-order chi connectivity index (χ1) is 7.41. The molecule has 0 fully saturated rings. The first-order valence-corrected chi connectivity index (χ1v) is 6.47. The van der Waals surface area contributed by atoms with Crippen LogP contribution in [0.4, 0.5) is 0 Å². The minimum absolute atomic E-state index is 0.0568. The van der Waals surface area contributed by atoms with Crippen molar-refractivity contribution in [2.75, 3.05) is 0 Å². The van der Waals surface area contributed by atoms with Crippen LogP contribution < -0.4 is 0 Å². The minimum Gasteiger partial charge on any atom is -0.304 e. The molecule has 16 heavy (non-hydrogen) atoms. The molecule has 1 rings (SSSR count). The predicted octanol–water partition coefficient (Wildman–Crippen LogP) is 3.67. The van der Waals surface area contributed by atoms with Crippen LogP contribution in [0.25, 0.3) is 0 Å². The zero-order valence-corrected chi connectivity index (χ0v) is 11.8. The Morgan fingerprint density at radius 1 is 1.44 bits per heavy atom. The van der Waals surface area contributed by atoms with Crippen molar-refractivity contribution in [1.29, 1.82) is 0 Å². The summed E-state index contributed by atoms with van der Waals surface area (Å²) >= 11 is 5.29. The van der Waals surface area contributed by atoms with Crippen molar-refractivity contribution in [3.8, 4) is 0 Å². The molecule has 0 aromatic carbocycles. The van der Waals surface area contributed by atoms with Crippen LogP contribution in [0.2, 0.25) is 0 Å². The summed E-state index contributed by atoms with van der Waals surface area (Å²) in [5, 5.41) is 7.33. The molecule has 1 aromatic heterocycles. The normalized spacial score (nSPS) is 12.4. The zero-order chi connectivity index (χ0) is 12.3. The summed E-state index contributed by atoms with van der Waals surface area (Å²) in [5.74, 6) is 1.62. The Labute approximate surface area is 103 Å². The van der Waals surface area contributed by atoms with Crippen LogP contribution in [0, 0.1) is 10.7 Å². The molecule has 0 aliphatic heterocycles. The number of nitrogens with zero attached hydrogens (tertiary/aromatic N) is 2. The summed E-state index contributed by atoms with van der Waals surface area (Å²) in [7, 11) is 0. The quantitative estimate of drug-likeness (QED) is 0.798. The maximum atomic E-state index is 5.29. The standard InChI is InChI=1S/C12H23N3S/c1-6-7-8-15-10(13-14-11(15)16)12(4,5)9(2)3/h9H,6-8H2,1-5H3,(H,14,16). The third-order valence-electron chi connectivity index (χ3n) is 3.51. The van der Waals surface area contributed by atoms with Gasteiger partial charge in [-0.2, -0.15) is 5.10 Å². The molecule has 0 unspecified atom stereocenters. The van der Waals surface area contributed by atoms with Crippen molar-refractivity contribution in [1.82, 2.24) is 14.8 Å². The number of hydrogen-bond acceptors (Lipinski definition) is 2. The molecule has 1 N–H and O–H groups in total. The second-order valence-corrected chi connectivity index (χ2v) is 5.62. The number of hydrogen-bond donors (Lipinski definition) is 1. The summed E-state index contributed by atoms with van der Waals surface area (Å²) in [6.07, 6.45) is 2.32. The highest BCUT2D eigenvalue weighted by Gasteiger charge is 2.30. The van der Waals surface area contributed by atoms with Crippen molar-refractivity contribution < 1.29 is 0 Å². The lowest BCUT2D eigenvalue weighted by Gasteiger charge is -2.28. The lowest BCUT2D eigenvalue weighted by molar-refractivity contribution is 0.334. The molecule has 4 heteroatoms. The van der Waals surface area contributed by atoms with Crippen LogP contribution in [0.1, 0.15) is 53.3 Å². The molecule has 0 bridgehead atoms. The molecule has 0 saturated heterocycles. The van der Waals surface area contributed by atoms with E-state index in [2.05, 4.69) is 49.4 Å². The monoisotopic (exact) mass is 241 g/mol. The molecule has 0 amide bonds. The van der Waals surface area contributed by atoms with E-state index in [9.17, 15) is 0 Å². The van der Waals surface area contributed by atoms with E-state index in [0.29, 0.717) is 5.92 Å². The Morgan fingerprint density at radius 3 is 2.56 bits per heavy atom. The van der Waals surface area contributed by atoms with Gasteiger partial charge in [-0.1, -0.05) is 41.0 Å². The van der Waals surface area contributed by atoms with E-state index in [-0.39, 0.29) is 5.41 Å². The lowest BCUT2D eigenvalue weighted by atomic mass is 9.80. The van der Waals surface area contributed by atoms with Gasteiger partial charge >= 0.3 is 0 Å². The van der Waals surface area contributed by atoms with E-state index in [1.54, 1.807) is 0 Å². The van der Waals surface area contributed by atoms with Crippen LogP contribution in [0.15, 0.2) is 0 Å². The van der Waals surface area contributed by atoms with E-state index in [4.69, 9.17) is 12.2 Å². The van der Waals surface area contributed by atoms with E-state index >= 15 is 0 Å². The Hall–Kier alpha value is -0.640. The largest absolute Gasteiger partial charge is 0.304 e. The number of unbranched alkanes of at least 4 members (excludes halogenated alkanes) is 1. The van der Waals surface area contributed by atoms with Gasteiger partial charge in [0.1, 0.15) is 5.82 Å². The summed E-state index contributed by atoms with van der Waals surface area (Å²) < 4.78 is 2.90. The van der Waals surface area contributed by atoms with Crippen LogP contribution in [-0.4, -0.2) is 14.8 Å². The van der Waals surface area contributed by atoms with Crippen molar-refractivity contribution in [3.63, 3.8) is 0 Å². The molecule has 0 atom stereocenters. The number of rotatable bonds is 5. The van der Waals surface area contributed by atoms with Gasteiger partial charge in [0.2, 0.25) is 0 Å². The molecule has 0 aliphatic carbocycles. The van der Waals surface area contributed by atoms with Crippen molar-refractivity contribution in [3.05, 3.63) is 10.6 Å². The average Bonchev–Trinajstić information content (AvgIpc) is 2.57. The lowest BCUT2D eigenvalue weighted by Crippen LogP contribution is -2.29. The van der Waals surface area contributed by atoms with E-state index in [0.717, 1.165) is 23.6 Å². The van der Waals surface area contributed by atoms with E-state index < -0.39 is 0 Å². The molecule has 0 aliphatic rings. The second-order valence-electron chi connectivity index (χ2n) is 5.23. The van der Waals surface area contributed by atoms with Crippen LogP contribution in [-0.2, 0) is 12.0 Å². The number of nitrogens with one attached hydrogen (secondary N) is 1. The summed E-state index contributed by atoms with van der Waals surface area (Å²) in [6.45, 7) is 12.1. The second kappa shape index (κ2) is 5.13. The van der Waals surface area contributed by atoms with Gasteiger partial charge < -0.3 is 4.57 Å². The summed E-state index contributed by atoms with van der Waals surface area (Å²) in [4.78, 5) is 0. The maximum absolute atomic E-state index is 5.29. The highest BCUT2D eigenvalue weighted by Crippen LogP contribution is 2.29. The van der Waals surface area contributed by atoms with E-state index in [1.165, 1.54) is 6.42 Å². The van der Waals surface area contributed by atoms with Gasteiger partial charge in [-0.3, -0.25) is 5.10 Å². The fourth-order valence-electron chi connectivity index (χ4n) is 1.59. The summed E-state index contributed by atoms with van der Waals surface area (Å²) in [6, 6.07) is 0. The maximum Gasteiger partial charge on any atom is 0.195 e. The van der Waals surface area contributed by atoms with Crippen LogP contribution >= 0.6 is 12.2 Å². The topological polar surface area (TPSA) is 33.6 Å². The Morgan fingerprint density at radius 2 is 2.06 bits per heavy atom. The van der Waals surface area contributed by atoms with Gasteiger partial charge in [-0.15, -0.1) is 0 Å². The average molecular weight is 241 g/mol. The SMILES string of the molecule is CCCCn1c(C(C)(C)C(C)C)n[nH]c1=S. The molecule has 1 aromatic rings. The van der Waals surface area contributed by atoms with Crippen molar-refractivity contribution in [2.24, 2.45) is 5.92 Å². The first-order valence-electron chi connectivity index (χ1n) is 6.07. The Bertz CT molecular complexity index is 387. The van der Waals surface area contributed by atoms with Crippen LogP contribution in [0.5, 0.6) is 0 Å². The molecule has 92 valence electrons. The van der Waals surface area contributed by atoms with Gasteiger partial charge in [0, 0.05) is 12.0 Å². The molecular weight excluding hydrogens is 218 g/mol. The highest BCUT2D eigenvalue weighted by atomic mass is 32.1. The van der Waals surface area contributed by atoms with Gasteiger partial charge in [-0.25, -0.2) is 0 Å². The first kappa shape index (κ1) is 13.4. The predicted molar refractivity (Wildman–Crippen MR) is 70.2 cm³/mol. The van der Waals surface area contributed by atoms with E-state index in [1.807, 2.05) is 0 Å². The van der Waals surface area contributed by atoms with Crippen LogP contribution in [0.3, 0.4) is 0 Å². The molecule has 0 spiro atoms.